The van der Waals surface area contributed by atoms with E-state index in [1.54, 1.807) is 6.33 Å². The molecule has 0 saturated carbocycles. The lowest BCUT2D eigenvalue weighted by molar-refractivity contribution is 0.959. The minimum atomic E-state index is 0.918. The van der Waals surface area contributed by atoms with Crippen LogP contribution in [-0.2, 0) is 0 Å². The monoisotopic (exact) mass is 216 g/mol. The lowest BCUT2D eigenvalue weighted by atomic mass is 10.2. The highest BCUT2D eigenvalue weighted by Gasteiger charge is 2.08. The molecule has 2 aromatic heterocycles. The predicted octanol–water partition coefficient (Wildman–Crippen LogP) is 2.60. The Hall–Kier alpha value is -1.84. The first-order valence-electron chi connectivity index (χ1n) is 5.52. The van der Waals surface area contributed by atoms with E-state index in [0.717, 1.165) is 35.7 Å². The van der Waals surface area contributed by atoms with Gasteiger partial charge in [-0.25, -0.2) is 9.97 Å². The van der Waals surface area contributed by atoms with Crippen LogP contribution in [0, 0.1) is 6.92 Å². The Labute approximate surface area is 95.1 Å². The van der Waals surface area contributed by atoms with Crippen molar-refractivity contribution in [3.8, 4) is 11.4 Å². The molecule has 0 bridgehead atoms. The van der Waals surface area contributed by atoms with Crippen molar-refractivity contribution in [1.82, 2.24) is 15.0 Å². The molecule has 4 nitrogen and oxygen atoms in total. The molecule has 2 N–H and O–H groups in total. The number of aromatic amines is 1. The van der Waals surface area contributed by atoms with Gasteiger partial charge in [0.15, 0.2) is 0 Å². The van der Waals surface area contributed by atoms with Crippen molar-refractivity contribution in [2.45, 2.75) is 20.3 Å². The van der Waals surface area contributed by atoms with Crippen molar-refractivity contribution in [2.24, 2.45) is 0 Å². The van der Waals surface area contributed by atoms with Gasteiger partial charge in [0.2, 0.25) is 0 Å². The molecule has 0 radical (unpaired) electrons. The minimum absolute atomic E-state index is 0.918. The number of H-pyrrole nitrogens is 1. The highest BCUT2D eigenvalue weighted by atomic mass is 15.0. The van der Waals surface area contributed by atoms with Gasteiger partial charge >= 0.3 is 0 Å². The van der Waals surface area contributed by atoms with Gasteiger partial charge in [-0.05, 0) is 25.5 Å². The Morgan fingerprint density at radius 3 is 2.94 bits per heavy atom. The summed E-state index contributed by atoms with van der Waals surface area (Å²) in [6.45, 7) is 5.10. The first-order valence-corrected chi connectivity index (χ1v) is 5.52. The van der Waals surface area contributed by atoms with E-state index < -0.39 is 0 Å². The molecular formula is C12H16N4. The third kappa shape index (κ3) is 2.05. The largest absolute Gasteiger partial charge is 0.370 e. The summed E-state index contributed by atoms with van der Waals surface area (Å²) in [5.41, 5.74) is 3.07. The van der Waals surface area contributed by atoms with Gasteiger partial charge in [-0.1, -0.05) is 6.92 Å². The number of anilines is 1. The SMILES string of the molecule is CCCNc1ncnc(-c2ccc[nH]2)c1C. The predicted molar refractivity (Wildman–Crippen MR) is 65.3 cm³/mol. The van der Waals surface area contributed by atoms with E-state index in [9.17, 15) is 0 Å². The maximum Gasteiger partial charge on any atom is 0.132 e. The zero-order chi connectivity index (χ0) is 11.4. The van der Waals surface area contributed by atoms with Gasteiger partial charge in [-0.3, -0.25) is 0 Å². The first-order chi connectivity index (χ1) is 7.83. The Bertz CT molecular complexity index is 448. The fourth-order valence-electron chi connectivity index (χ4n) is 1.62. The lowest BCUT2D eigenvalue weighted by Gasteiger charge is -2.09. The molecule has 2 aromatic rings. The highest BCUT2D eigenvalue weighted by molar-refractivity contribution is 5.64. The molecule has 0 spiro atoms. The molecule has 0 aromatic carbocycles. The van der Waals surface area contributed by atoms with Gasteiger partial charge in [0.1, 0.15) is 12.1 Å². The van der Waals surface area contributed by atoms with Crippen molar-refractivity contribution < 1.29 is 0 Å². The van der Waals surface area contributed by atoms with Gasteiger partial charge in [0.25, 0.3) is 0 Å². The smallest absolute Gasteiger partial charge is 0.132 e. The van der Waals surface area contributed by atoms with Gasteiger partial charge in [0, 0.05) is 18.3 Å². The van der Waals surface area contributed by atoms with Crippen molar-refractivity contribution in [3.05, 3.63) is 30.2 Å². The average Bonchev–Trinajstić information content (AvgIpc) is 2.81. The van der Waals surface area contributed by atoms with Crippen LogP contribution in [0.1, 0.15) is 18.9 Å². The molecule has 2 heterocycles. The van der Waals surface area contributed by atoms with E-state index in [-0.39, 0.29) is 0 Å². The molecule has 0 unspecified atom stereocenters. The Balaban J connectivity index is 2.33. The topological polar surface area (TPSA) is 53.6 Å². The molecule has 4 heteroatoms. The normalized spacial score (nSPS) is 10.4. The van der Waals surface area contributed by atoms with Gasteiger partial charge in [-0.15, -0.1) is 0 Å². The van der Waals surface area contributed by atoms with Crippen LogP contribution in [0.3, 0.4) is 0 Å². The summed E-state index contributed by atoms with van der Waals surface area (Å²) in [7, 11) is 0. The molecular weight excluding hydrogens is 200 g/mol. The van der Waals surface area contributed by atoms with Crippen LogP contribution in [0.2, 0.25) is 0 Å². The Morgan fingerprint density at radius 2 is 2.25 bits per heavy atom. The summed E-state index contributed by atoms with van der Waals surface area (Å²) in [4.78, 5) is 11.7. The summed E-state index contributed by atoms with van der Waals surface area (Å²) < 4.78 is 0. The summed E-state index contributed by atoms with van der Waals surface area (Å²) in [6.07, 6.45) is 4.58. The van der Waals surface area contributed by atoms with E-state index in [2.05, 4.69) is 27.2 Å². The molecule has 0 amide bonds. The van der Waals surface area contributed by atoms with Crippen molar-refractivity contribution in [1.29, 1.82) is 0 Å². The lowest BCUT2D eigenvalue weighted by Crippen LogP contribution is -2.05. The fraction of sp³-hybridized carbons (Fsp3) is 0.333. The number of nitrogens with zero attached hydrogens (tertiary/aromatic N) is 2. The Morgan fingerprint density at radius 1 is 1.38 bits per heavy atom. The molecule has 0 saturated heterocycles. The quantitative estimate of drug-likeness (QED) is 0.826. The Kier molecular flexibility index (Phi) is 3.19. The molecule has 0 aliphatic heterocycles. The molecule has 16 heavy (non-hydrogen) atoms. The van der Waals surface area contributed by atoms with Crippen LogP contribution in [0.15, 0.2) is 24.7 Å². The average molecular weight is 216 g/mol. The summed E-state index contributed by atoms with van der Waals surface area (Å²) >= 11 is 0. The molecule has 0 aliphatic carbocycles. The van der Waals surface area contributed by atoms with Gasteiger partial charge in [0.05, 0.1) is 11.4 Å². The van der Waals surface area contributed by atoms with Crippen LogP contribution >= 0.6 is 0 Å². The van der Waals surface area contributed by atoms with E-state index >= 15 is 0 Å². The molecule has 84 valence electrons. The summed E-state index contributed by atoms with van der Waals surface area (Å²) in [5.74, 6) is 0.918. The second-order valence-electron chi connectivity index (χ2n) is 3.71. The third-order valence-electron chi connectivity index (χ3n) is 2.48. The third-order valence-corrected chi connectivity index (χ3v) is 2.48. The molecule has 0 fully saturated rings. The van der Waals surface area contributed by atoms with Crippen LogP contribution in [0.25, 0.3) is 11.4 Å². The van der Waals surface area contributed by atoms with Crippen LogP contribution in [0.5, 0.6) is 0 Å². The van der Waals surface area contributed by atoms with Crippen molar-refractivity contribution in [2.75, 3.05) is 11.9 Å². The number of hydrogen-bond donors (Lipinski definition) is 2. The standard InChI is InChI=1S/C12H16N4/c1-3-6-14-12-9(2)11(15-8-16-12)10-5-4-7-13-10/h4-5,7-8,13H,3,6H2,1-2H3,(H,14,15,16). The van der Waals surface area contributed by atoms with Crippen LogP contribution < -0.4 is 5.32 Å². The maximum absolute atomic E-state index is 4.31. The summed E-state index contributed by atoms with van der Waals surface area (Å²) in [5, 5.41) is 3.30. The minimum Gasteiger partial charge on any atom is -0.370 e. The van der Waals surface area contributed by atoms with E-state index in [1.165, 1.54) is 0 Å². The summed E-state index contributed by atoms with van der Waals surface area (Å²) in [6, 6.07) is 3.98. The van der Waals surface area contributed by atoms with Crippen LogP contribution in [0.4, 0.5) is 5.82 Å². The highest BCUT2D eigenvalue weighted by Crippen LogP contribution is 2.22. The number of hydrogen-bond acceptors (Lipinski definition) is 3. The van der Waals surface area contributed by atoms with E-state index in [0.29, 0.717) is 0 Å². The zero-order valence-corrected chi connectivity index (χ0v) is 9.62. The van der Waals surface area contributed by atoms with E-state index in [1.807, 2.05) is 25.3 Å². The van der Waals surface area contributed by atoms with E-state index in [4.69, 9.17) is 0 Å². The van der Waals surface area contributed by atoms with Crippen molar-refractivity contribution in [3.63, 3.8) is 0 Å². The number of aromatic nitrogens is 3. The number of nitrogens with one attached hydrogen (secondary N) is 2. The molecule has 2 rings (SSSR count). The molecule has 0 atom stereocenters. The second-order valence-corrected chi connectivity index (χ2v) is 3.71. The second kappa shape index (κ2) is 4.79. The van der Waals surface area contributed by atoms with Gasteiger partial charge < -0.3 is 10.3 Å². The number of rotatable bonds is 4. The fourth-order valence-corrected chi connectivity index (χ4v) is 1.62. The molecule has 0 aliphatic rings. The van der Waals surface area contributed by atoms with Crippen LogP contribution in [-0.4, -0.2) is 21.5 Å². The van der Waals surface area contributed by atoms with Crippen molar-refractivity contribution >= 4 is 5.82 Å². The first kappa shape index (κ1) is 10.7. The zero-order valence-electron chi connectivity index (χ0n) is 9.62. The maximum atomic E-state index is 4.31. The van der Waals surface area contributed by atoms with Gasteiger partial charge in [-0.2, -0.15) is 0 Å².